The van der Waals surface area contributed by atoms with Gasteiger partial charge >= 0.3 is 0 Å². The van der Waals surface area contributed by atoms with E-state index in [9.17, 15) is 0 Å². The highest BCUT2D eigenvalue weighted by Gasteiger charge is 2.20. The minimum absolute atomic E-state index is 0.861. The first kappa shape index (κ1) is 16.9. The zero-order valence-electron chi connectivity index (χ0n) is 15.0. The number of fused-ring (bicyclic) bond motifs is 1. The Morgan fingerprint density at radius 3 is 2.92 bits per heavy atom. The third-order valence-corrected chi connectivity index (χ3v) is 5.75. The highest BCUT2D eigenvalue weighted by atomic mass is 32.1. The van der Waals surface area contributed by atoms with Gasteiger partial charge in [-0.15, -0.1) is 11.3 Å². The number of rotatable bonds is 4. The Kier molecular flexibility index (Phi) is 5.06. The molecule has 0 radical (unpaired) electrons. The van der Waals surface area contributed by atoms with E-state index in [-0.39, 0.29) is 0 Å². The van der Waals surface area contributed by atoms with Crippen molar-refractivity contribution < 1.29 is 0 Å². The molecule has 0 atom stereocenters. The fraction of sp³-hybridized carbons (Fsp3) is 0.368. The van der Waals surface area contributed by atoms with Gasteiger partial charge in [0.2, 0.25) is 0 Å². The van der Waals surface area contributed by atoms with Crippen LogP contribution in [0.15, 0.2) is 47.0 Å². The van der Waals surface area contributed by atoms with Crippen LogP contribution in [0, 0.1) is 0 Å². The Hall–Kier alpha value is -2.54. The van der Waals surface area contributed by atoms with Gasteiger partial charge in [-0.05, 0) is 41.6 Å². The Labute approximate surface area is 157 Å². The lowest BCUT2D eigenvalue weighted by Crippen LogP contribution is -2.52. The number of nitrogens with one attached hydrogen (secondary N) is 2. The maximum absolute atomic E-state index is 4.48. The molecule has 0 unspecified atom stereocenters. The summed E-state index contributed by atoms with van der Waals surface area (Å²) in [5.41, 5.74) is 2.25. The van der Waals surface area contributed by atoms with Crippen LogP contribution in [0.5, 0.6) is 0 Å². The molecule has 1 fully saturated rings. The van der Waals surface area contributed by atoms with Crippen LogP contribution < -0.4 is 10.2 Å². The van der Waals surface area contributed by atoms with Gasteiger partial charge < -0.3 is 20.1 Å². The van der Waals surface area contributed by atoms with E-state index in [0.717, 1.165) is 50.8 Å². The van der Waals surface area contributed by atoms with Crippen LogP contribution in [-0.4, -0.2) is 60.6 Å². The van der Waals surface area contributed by atoms with Crippen molar-refractivity contribution in [1.29, 1.82) is 0 Å². The Morgan fingerprint density at radius 2 is 2.15 bits per heavy atom. The van der Waals surface area contributed by atoms with Crippen molar-refractivity contribution in [2.75, 3.05) is 44.7 Å². The van der Waals surface area contributed by atoms with E-state index >= 15 is 0 Å². The average Bonchev–Trinajstić information content (AvgIpc) is 3.36. The predicted octanol–water partition coefficient (Wildman–Crippen LogP) is 2.56. The number of anilines is 1. The van der Waals surface area contributed by atoms with Crippen molar-refractivity contribution in [3.63, 3.8) is 0 Å². The van der Waals surface area contributed by atoms with Crippen LogP contribution in [0.2, 0.25) is 0 Å². The molecule has 3 aromatic heterocycles. The zero-order valence-corrected chi connectivity index (χ0v) is 15.8. The summed E-state index contributed by atoms with van der Waals surface area (Å²) in [6, 6.07) is 8.42. The Balaban J connectivity index is 1.30. The molecule has 2 N–H and O–H groups in total. The van der Waals surface area contributed by atoms with E-state index in [1.165, 1.54) is 16.0 Å². The van der Waals surface area contributed by atoms with E-state index in [2.05, 4.69) is 59.9 Å². The van der Waals surface area contributed by atoms with Gasteiger partial charge in [0.15, 0.2) is 5.96 Å². The van der Waals surface area contributed by atoms with Gasteiger partial charge in [0.1, 0.15) is 5.65 Å². The fourth-order valence-electron chi connectivity index (χ4n) is 3.45. The second-order valence-corrected chi connectivity index (χ2v) is 7.29. The van der Waals surface area contributed by atoms with Crippen molar-refractivity contribution >= 4 is 33.3 Å². The van der Waals surface area contributed by atoms with Crippen LogP contribution >= 0.6 is 11.3 Å². The molecule has 0 aliphatic carbocycles. The summed E-state index contributed by atoms with van der Waals surface area (Å²) in [4.78, 5) is 16.9. The molecule has 0 amide bonds. The lowest BCUT2D eigenvalue weighted by Gasteiger charge is -2.37. The predicted molar refractivity (Wildman–Crippen MR) is 109 cm³/mol. The maximum atomic E-state index is 4.48. The van der Waals surface area contributed by atoms with Crippen LogP contribution in [0.3, 0.4) is 0 Å². The van der Waals surface area contributed by atoms with E-state index in [0.29, 0.717) is 0 Å². The smallest absolute Gasteiger partial charge is 0.193 e. The van der Waals surface area contributed by atoms with Crippen LogP contribution in [0.1, 0.15) is 5.56 Å². The number of guanidine groups is 1. The Bertz CT molecular complexity index is 861. The van der Waals surface area contributed by atoms with Crippen molar-refractivity contribution in [2.24, 2.45) is 4.99 Å². The van der Waals surface area contributed by atoms with Gasteiger partial charge in [-0.3, -0.25) is 4.99 Å². The fourth-order valence-corrected chi connectivity index (χ4v) is 4.23. The summed E-state index contributed by atoms with van der Waals surface area (Å²) in [6.45, 7) is 4.92. The monoisotopic (exact) mass is 368 g/mol. The maximum Gasteiger partial charge on any atom is 0.193 e. The summed E-state index contributed by atoms with van der Waals surface area (Å²) in [6.07, 6.45) is 4.82. The summed E-state index contributed by atoms with van der Waals surface area (Å²) in [5.74, 6) is 0.994. The van der Waals surface area contributed by atoms with Crippen molar-refractivity contribution in [3.8, 4) is 0 Å². The van der Waals surface area contributed by atoms with Crippen molar-refractivity contribution in [2.45, 2.75) is 6.42 Å². The third kappa shape index (κ3) is 3.53. The number of hydrogen-bond acceptors (Lipinski definition) is 4. The highest BCUT2D eigenvalue weighted by Crippen LogP contribution is 2.22. The molecule has 1 aliphatic rings. The Morgan fingerprint density at radius 1 is 1.27 bits per heavy atom. The lowest BCUT2D eigenvalue weighted by atomic mass is 10.1. The standard InChI is InChI=1S/C19H24N6S/c1-20-19(25-11-9-24(10-12-25)17-5-3-13-26-17)22-8-6-15-14-23-18-16(15)4-2-7-21-18/h2-5,7,13-14H,6,8-12H2,1H3,(H,20,22)(H,21,23). The third-order valence-electron chi connectivity index (χ3n) is 4.82. The first-order chi connectivity index (χ1) is 12.8. The number of aromatic nitrogens is 2. The van der Waals surface area contributed by atoms with E-state index in [4.69, 9.17) is 0 Å². The number of nitrogens with zero attached hydrogens (tertiary/aromatic N) is 4. The molecule has 0 spiro atoms. The van der Waals surface area contributed by atoms with Crippen LogP contribution in [0.25, 0.3) is 11.0 Å². The molecule has 1 saturated heterocycles. The number of aliphatic imine (C=N–C) groups is 1. The van der Waals surface area contributed by atoms with Gasteiger partial charge in [-0.25, -0.2) is 4.98 Å². The molecule has 0 bridgehead atoms. The molecule has 7 heteroatoms. The minimum Gasteiger partial charge on any atom is -0.360 e. The van der Waals surface area contributed by atoms with E-state index in [1.54, 1.807) is 0 Å². The molecule has 26 heavy (non-hydrogen) atoms. The summed E-state index contributed by atoms with van der Waals surface area (Å²) in [5, 5.41) is 8.22. The molecule has 3 aromatic rings. The molecular formula is C19H24N6S. The molecule has 4 rings (SSSR count). The van der Waals surface area contributed by atoms with Crippen LogP contribution in [0.4, 0.5) is 5.00 Å². The summed E-state index contributed by atoms with van der Waals surface area (Å²) < 4.78 is 0. The summed E-state index contributed by atoms with van der Waals surface area (Å²) in [7, 11) is 1.86. The van der Waals surface area contributed by atoms with Gasteiger partial charge in [0.25, 0.3) is 0 Å². The molecule has 136 valence electrons. The molecule has 6 nitrogen and oxygen atoms in total. The highest BCUT2D eigenvalue weighted by molar-refractivity contribution is 7.14. The van der Waals surface area contributed by atoms with Gasteiger partial charge in [-0.1, -0.05) is 0 Å². The van der Waals surface area contributed by atoms with Crippen molar-refractivity contribution in [1.82, 2.24) is 20.2 Å². The summed E-state index contributed by atoms with van der Waals surface area (Å²) >= 11 is 1.81. The van der Waals surface area contributed by atoms with Gasteiger partial charge in [0, 0.05) is 57.6 Å². The number of thiophene rings is 1. The average molecular weight is 369 g/mol. The quantitative estimate of drug-likeness (QED) is 0.549. The van der Waals surface area contributed by atoms with E-state index < -0.39 is 0 Å². The largest absolute Gasteiger partial charge is 0.360 e. The first-order valence-corrected chi connectivity index (χ1v) is 9.88. The zero-order chi connectivity index (χ0) is 17.8. The number of H-pyrrole nitrogens is 1. The van der Waals surface area contributed by atoms with Gasteiger partial charge in [-0.2, -0.15) is 0 Å². The topological polar surface area (TPSA) is 59.6 Å². The van der Waals surface area contributed by atoms with Crippen molar-refractivity contribution in [3.05, 3.63) is 47.6 Å². The molecule has 4 heterocycles. The number of aromatic amines is 1. The lowest BCUT2D eigenvalue weighted by molar-refractivity contribution is 0.374. The molecular weight excluding hydrogens is 344 g/mol. The molecule has 1 aliphatic heterocycles. The SMILES string of the molecule is CN=C(NCCc1c[nH]c2ncccc12)N1CCN(c2cccs2)CC1. The van der Waals surface area contributed by atoms with Crippen LogP contribution in [-0.2, 0) is 6.42 Å². The number of pyridine rings is 1. The second-order valence-electron chi connectivity index (χ2n) is 6.36. The van der Waals surface area contributed by atoms with Gasteiger partial charge in [0.05, 0.1) is 5.00 Å². The number of hydrogen-bond donors (Lipinski definition) is 2. The first-order valence-electron chi connectivity index (χ1n) is 9.00. The molecule has 0 aromatic carbocycles. The second kappa shape index (κ2) is 7.78. The van der Waals surface area contributed by atoms with E-state index in [1.807, 2.05) is 30.6 Å². The number of piperazine rings is 1. The minimum atomic E-state index is 0.861. The molecule has 0 saturated carbocycles. The normalized spacial score (nSPS) is 15.7.